The van der Waals surface area contributed by atoms with E-state index < -0.39 is 0 Å². The van der Waals surface area contributed by atoms with E-state index in [1.807, 2.05) is 30.6 Å². The summed E-state index contributed by atoms with van der Waals surface area (Å²) in [4.78, 5) is 4.19. The second-order valence-corrected chi connectivity index (χ2v) is 5.21. The number of benzene rings is 1. The number of nitrogens with zero attached hydrogens (tertiary/aromatic N) is 1. The molecule has 1 N–H and O–H groups in total. The fraction of sp³-hybridized carbons (Fsp3) is 0.389. The molecule has 1 atom stereocenters. The zero-order valence-electron chi connectivity index (χ0n) is 12.9. The first kappa shape index (κ1) is 15.5. The lowest BCUT2D eigenvalue weighted by molar-refractivity contribution is 0.414. The number of hydrogen-bond acceptors (Lipinski definition) is 3. The monoisotopic (exact) mass is 284 g/mol. The van der Waals surface area contributed by atoms with Gasteiger partial charge >= 0.3 is 0 Å². The highest BCUT2D eigenvalue weighted by molar-refractivity contribution is 5.27. The molecular formula is C18H24N2O. The lowest BCUT2D eigenvalue weighted by Crippen LogP contribution is -2.31. The fourth-order valence-electron chi connectivity index (χ4n) is 2.50. The number of likely N-dealkylation sites (N-methyl/N-ethyl adjacent to an activating group) is 1. The van der Waals surface area contributed by atoms with Crippen molar-refractivity contribution in [1.82, 2.24) is 10.3 Å². The van der Waals surface area contributed by atoms with Crippen molar-refractivity contribution in [2.45, 2.75) is 32.2 Å². The van der Waals surface area contributed by atoms with Crippen LogP contribution in [0, 0.1) is 0 Å². The van der Waals surface area contributed by atoms with E-state index in [-0.39, 0.29) is 0 Å². The maximum Gasteiger partial charge on any atom is 0.118 e. The minimum Gasteiger partial charge on any atom is -0.497 e. The Balaban J connectivity index is 1.89. The summed E-state index contributed by atoms with van der Waals surface area (Å²) in [5.74, 6) is 0.914. The van der Waals surface area contributed by atoms with Gasteiger partial charge in [-0.1, -0.05) is 25.1 Å². The van der Waals surface area contributed by atoms with Gasteiger partial charge in [0.05, 0.1) is 7.11 Å². The Morgan fingerprint density at radius 1 is 1.14 bits per heavy atom. The van der Waals surface area contributed by atoms with E-state index in [1.54, 1.807) is 7.11 Å². The van der Waals surface area contributed by atoms with Gasteiger partial charge in [0.25, 0.3) is 0 Å². The lowest BCUT2D eigenvalue weighted by Gasteiger charge is -2.18. The van der Waals surface area contributed by atoms with Gasteiger partial charge in [-0.3, -0.25) is 4.98 Å². The van der Waals surface area contributed by atoms with Crippen LogP contribution >= 0.6 is 0 Å². The van der Waals surface area contributed by atoms with Gasteiger partial charge in [0.15, 0.2) is 0 Å². The Hall–Kier alpha value is -1.87. The van der Waals surface area contributed by atoms with Crippen LogP contribution < -0.4 is 10.1 Å². The summed E-state index contributed by atoms with van der Waals surface area (Å²) in [7, 11) is 1.70. The SMILES string of the molecule is CCNC(CCc1ccc(OC)cc1)Cc1cccnc1. The minimum atomic E-state index is 0.487. The maximum atomic E-state index is 5.19. The number of pyridine rings is 1. The molecule has 0 spiro atoms. The molecule has 21 heavy (non-hydrogen) atoms. The van der Waals surface area contributed by atoms with Crippen molar-refractivity contribution in [2.24, 2.45) is 0 Å². The average Bonchev–Trinajstić information content (AvgIpc) is 2.54. The predicted molar refractivity (Wildman–Crippen MR) is 86.7 cm³/mol. The Morgan fingerprint density at radius 2 is 1.95 bits per heavy atom. The molecule has 1 aromatic carbocycles. The van der Waals surface area contributed by atoms with Crippen LogP contribution in [0.3, 0.4) is 0 Å². The molecule has 1 heterocycles. The van der Waals surface area contributed by atoms with Crippen LogP contribution in [0.25, 0.3) is 0 Å². The number of aromatic nitrogens is 1. The molecule has 0 aliphatic carbocycles. The lowest BCUT2D eigenvalue weighted by atomic mass is 10.00. The van der Waals surface area contributed by atoms with Crippen molar-refractivity contribution in [3.63, 3.8) is 0 Å². The van der Waals surface area contributed by atoms with Crippen molar-refractivity contribution < 1.29 is 4.74 Å². The van der Waals surface area contributed by atoms with Gasteiger partial charge in [0.2, 0.25) is 0 Å². The summed E-state index contributed by atoms with van der Waals surface area (Å²) < 4.78 is 5.19. The van der Waals surface area contributed by atoms with E-state index in [0.717, 1.165) is 31.6 Å². The Kier molecular flexibility index (Phi) is 6.22. The Labute approximate surface area is 127 Å². The molecule has 0 aliphatic rings. The van der Waals surface area contributed by atoms with Gasteiger partial charge in [-0.05, 0) is 55.1 Å². The first-order valence-electron chi connectivity index (χ1n) is 7.57. The van der Waals surface area contributed by atoms with Crippen LogP contribution in [0.15, 0.2) is 48.8 Å². The van der Waals surface area contributed by atoms with E-state index in [9.17, 15) is 0 Å². The Morgan fingerprint density at radius 3 is 2.57 bits per heavy atom. The number of ether oxygens (including phenoxy) is 1. The van der Waals surface area contributed by atoms with Gasteiger partial charge in [0, 0.05) is 18.4 Å². The summed E-state index contributed by atoms with van der Waals surface area (Å²) in [6.45, 7) is 3.15. The third-order valence-corrected chi connectivity index (χ3v) is 3.64. The summed E-state index contributed by atoms with van der Waals surface area (Å²) in [5, 5.41) is 3.57. The highest BCUT2D eigenvalue weighted by atomic mass is 16.5. The predicted octanol–water partition coefficient (Wildman–Crippen LogP) is 3.24. The van der Waals surface area contributed by atoms with Crippen LogP contribution in [0.1, 0.15) is 24.5 Å². The van der Waals surface area contributed by atoms with Gasteiger partial charge in [-0.25, -0.2) is 0 Å². The molecule has 0 bridgehead atoms. The van der Waals surface area contributed by atoms with Gasteiger partial charge in [-0.2, -0.15) is 0 Å². The zero-order chi connectivity index (χ0) is 14.9. The highest BCUT2D eigenvalue weighted by Gasteiger charge is 2.09. The third-order valence-electron chi connectivity index (χ3n) is 3.64. The van der Waals surface area contributed by atoms with Crippen molar-refractivity contribution in [2.75, 3.05) is 13.7 Å². The first-order chi connectivity index (χ1) is 10.3. The molecule has 2 aromatic rings. The number of rotatable bonds is 8. The van der Waals surface area contributed by atoms with Crippen molar-refractivity contribution in [1.29, 1.82) is 0 Å². The van der Waals surface area contributed by atoms with Crippen molar-refractivity contribution >= 4 is 0 Å². The fourth-order valence-corrected chi connectivity index (χ4v) is 2.50. The quantitative estimate of drug-likeness (QED) is 0.808. The minimum absolute atomic E-state index is 0.487. The number of methoxy groups -OCH3 is 1. The number of aryl methyl sites for hydroxylation is 1. The molecule has 1 aromatic heterocycles. The first-order valence-corrected chi connectivity index (χ1v) is 7.57. The molecule has 0 fully saturated rings. The molecule has 3 heteroatoms. The molecule has 1 unspecified atom stereocenters. The van der Waals surface area contributed by atoms with Gasteiger partial charge < -0.3 is 10.1 Å². The van der Waals surface area contributed by atoms with Crippen LogP contribution in [-0.2, 0) is 12.8 Å². The number of nitrogens with one attached hydrogen (secondary N) is 1. The number of hydrogen-bond donors (Lipinski definition) is 1. The molecular weight excluding hydrogens is 260 g/mol. The summed E-state index contributed by atoms with van der Waals surface area (Å²) in [6, 6.07) is 13.0. The molecule has 2 rings (SSSR count). The van der Waals surface area contributed by atoms with Gasteiger partial charge in [0.1, 0.15) is 5.75 Å². The maximum absolute atomic E-state index is 5.19. The van der Waals surface area contributed by atoms with Crippen molar-refractivity contribution in [3.8, 4) is 5.75 Å². The molecule has 0 radical (unpaired) electrons. The molecule has 0 saturated heterocycles. The van der Waals surface area contributed by atoms with Crippen LogP contribution in [0.4, 0.5) is 0 Å². The third kappa shape index (κ3) is 5.20. The van der Waals surface area contributed by atoms with E-state index in [0.29, 0.717) is 6.04 Å². The summed E-state index contributed by atoms with van der Waals surface area (Å²) in [5.41, 5.74) is 2.64. The smallest absolute Gasteiger partial charge is 0.118 e. The highest BCUT2D eigenvalue weighted by Crippen LogP contribution is 2.14. The Bertz CT molecular complexity index is 511. The molecule has 0 saturated carbocycles. The standard InChI is InChI=1S/C18H24N2O/c1-3-20-17(13-16-5-4-12-19-14-16)9-6-15-7-10-18(21-2)11-8-15/h4-5,7-8,10-12,14,17,20H,3,6,9,13H2,1-2H3. The topological polar surface area (TPSA) is 34.1 Å². The second-order valence-electron chi connectivity index (χ2n) is 5.21. The summed E-state index contributed by atoms with van der Waals surface area (Å²) in [6.07, 6.45) is 7.00. The van der Waals surface area contributed by atoms with E-state index >= 15 is 0 Å². The van der Waals surface area contributed by atoms with Crippen LogP contribution in [-0.4, -0.2) is 24.7 Å². The normalized spacial score (nSPS) is 12.1. The largest absolute Gasteiger partial charge is 0.497 e. The van der Waals surface area contributed by atoms with E-state index in [1.165, 1.54) is 11.1 Å². The molecule has 0 aliphatic heterocycles. The molecule has 112 valence electrons. The van der Waals surface area contributed by atoms with E-state index in [2.05, 4.69) is 35.4 Å². The molecule has 0 amide bonds. The van der Waals surface area contributed by atoms with E-state index in [4.69, 9.17) is 4.74 Å². The van der Waals surface area contributed by atoms with Gasteiger partial charge in [-0.15, -0.1) is 0 Å². The average molecular weight is 284 g/mol. The van der Waals surface area contributed by atoms with Crippen LogP contribution in [0.5, 0.6) is 5.75 Å². The molecule has 3 nitrogen and oxygen atoms in total. The van der Waals surface area contributed by atoms with Crippen LogP contribution in [0.2, 0.25) is 0 Å². The van der Waals surface area contributed by atoms with Crippen molar-refractivity contribution in [3.05, 3.63) is 59.9 Å². The summed E-state index contributed by atoms with van der Waals surface area (Å²) >= 11 is 0. The zero-order valence-corrected chi connectivity index (χ0v) is 12.9. The second kappa shape index (κ2) is 8.42.